The Morgan fingerprint density at radius 1 is 0.788 bits per heavy atom. The highest BCUT2D eigenvalue weighted by atomic mass is 35.5. The smallest absolute Gasteiger partial charge is 0.416 e. The van der Waals surface area contributed by atoms with Gasteiger partial charge in [0.05, 0.1) is 22.0 Å². The molecule has 1 aromatic carbocycles. The van der Waals surface area contributed by atoms with E-state index in [2.05, 4.69) is 0 Å². The summed E-state index contributed by atoms with van der Waals surface area (Å²) in [5, 5.41) is 3.46. The molecular formula is C21H22ClF3N2O6. The van der Waals surface area contributed by atoms with Crippen LogP contribution in [0.4, 0.5) is 24.5 Å². The number of anilines is 2. The standard InChI is InChI=1S/C21H22ClF3N2O6/c22-16-14(26-17(28)19(30)32-12-5-1-2-6-12)9-11(21(23,24)25)10-15(16)27-18(29)20(31)33-13-7-3-4-8-13/h9-10,12-13H,1-8H2,(H,26,28)(H,27,29). The molecule has 0 saturated heterocycles. The molecule has 0 unspecified atom stereocenters. The first-order chi connectivity index (χ1) is 15.5. The van der Waals surface area contributed by atoms with Crippen molar-refractivity contribution in [1.82, 2.24) is 0 Å². The lowest BCUT2D eigenvalue weighted by atomic mass is 10.1. The number of benzene rings is 1. The van der Waals surface area contributed by atoms with Gasteiger partial charge in [-0.25, -0.2) is 9.59 Å². The van der Waals surface area contributed by atoms with Gasteiger partial charge in [-0.2, -0.15) is 13.2 Å². The summed E-state index contributed by atoms with van der Waals surface area (Å²) in [6, 6.07) is 1.02. The summed E-state index contributed by atoms with van der Waals surface area (Å²) in [4.78, 5) is 48.3. The van der Waals surface area contributed by atoms with Gasteiger partial charge in [-0.05, 0) is 63.5 Å². The zero-order chi connectivity index (χ0) is 24.2. The third-order valence-electron chi connectivity index (χ3n) is 5.42. The Balaban J connectivity index is 1.76. The molecule has 1 aromatic rings. The molecule has 0 radical (unpaired) electrons. The van der Waals surface area contributed by atoms with Crippen LogP contribution in [0.5, 0.6) is 0 Å². The second-order valence-electron chi connectivity index (χ2n) is 7.91. The molecule has 0 heterocycles. The van der Waals surface area contributed by atoms with E-state index >= 15 is 0 Å². The minimum absolute atomic E-state index is 0.430. The number of carbonyl (C=O) groups excluding carboxylic acids is 4. The third-order valence-corrected chi connectivity index (χ3v) is 5.83. The normalized spacial score (nSPS) is 17.0. The summed E-state index contributed by atoms with van der Waals surface area (Å²) < 4.78 is 50.1. The fourth-order valence-electron chi connectivity index (χ4n) is 3.74. The van der Waals surface area contributed by atoms with Gasteiger partial charge in [0.25, 0.3) is 0 Å². The van der Waals surface area contributed by atoms with Crippen LogP contribution in [0.2, 0.25) is 5.02 Å². The monoisotopic (exact) mass is 490 g/mol. The second kappa shape index (κ2) is 10.4. The maximum Gasteiger partial charge on any atom is 0.416 e. The van der Waals surface area contributed by atoms with Crippen LogP contribution in [0, 0.1) is 0 Å². The largest absolute Gasteiger partial charge is 0.455 e. The van der Waals surface area contributed by atoms with Gasteiger partial charge < -0.3 is 20.1 Å². The van der Waals surface area contributed by atoms with E-state index in [1.807, 2.05) is 10.6 Å². The Hall–Kier alpha value is -2.82. The van der Waals surface area contributed by atoms with E-state index in [0.717, 1.165) is 25.7 Å². The quantitative estimate of drug-likeness (QED) is 0.483. The van der Waals surface area contributed by atoms with Crippen molar-refractivity contribution < 1.29 is 41.8 Å². The summed E-state index contributed by atoms with van der Waals surface area (Å²) in [5.74, 6) is -5.16. The number of ether oxygens (including phenoxy) is 2. The molecule has 2 fully saturated rings. The Kier molecular flexibility index (Phi) is 7.83. The molecule has 0 bridgehead atoms. The first-order valence-corrected chi connectivity index (χ1v) is 10.9. The van der Waals surface area contributed by atoms with Crippen molar-refractivity contribution in [2.75, 3.05) is 10.6 Å². The molecule has 0 aromatic heterocycles. The number of rotatable bonds is 4. The molecule has 2 saturated carbocycles. The van der Waals surface area contributed by atoms with E-state index < -0.39 is 64.1 Å². The van der Waals surface area contributed by atoms with Gasteiger partial charge in [-0.3, -0.25) is 9.59 Å². The highest BCUT2D eigenvalue weighted by molar-refractivity contribution is 6.43. The Bertz CT molecular complexity index is 875. The molecule has 2 aliphatic rings. The fraction of sp³-hybridized carbons (Fsp3) is 0.524. The average molecular weight is 491 g/mol. The molecular weight excluding hydrogens is 469 g/mol. The highest BCUT2D eigenvalue weighted by Gasteiger charge is 2.34. The van der Waals surface area contributed by atoms with Crippen molar-refractivity contribution in [3.8, 4) is 0 Å². The number of carbonyl (C=O) groups is 4. The molecule has 33 heavy (non-hydrogen) atoms. The van der Waals surface area contributed by atoms with Crippen LogP contribution in [0.1, 0.15) is 56.9 Å². The van der Waals surface area contributed by atoms with Crippen LogP contribution in [0.15, 0.2) is 12.1 Å². The van der Waals surface area contributed by atoms with E-state index in [1.165, 1.54) is 0 Å². The Morgan fingerprint density at radius 3 is 1.48 bits per heavy atom. The molecule has 0 spiro atoms. The SMILES string of the molecule is O=C(Nc1cc(C(F)(F)F)cc(NC(=O)C(=O)OC2CCCC2)c1Cl)C(=O)OC1CCCC1. The molecule has 12 heteroatoms. The lowest BCUT2D eigenvalue weighted by Gasteiger charge is -2.17. The summed E-state index contributed by atoms with van der Waals surface area (Å²) in [6.45, 7) is 0. The number of hydrogen-bond acceptors (Lipinski definition) is 6. The highest BCUT2D eigenvalue weighted by Crippen LogP contribution is 2.39. The van der Waals surface area contributed by atoms with Crippen molar-refractivity contribution in [1.29, 1.82) is 0 Å². The van der Waals surface area contributed by atoms with Crippen LogP contribution in [0.3, 0.4) is 0 Å². The van der Waals surface area contributed by atoms with Gasteiger partial charge in [0.1, 0.15) is 12.2 Å². The lowest BCUT2D eigenvalue weighted by molar-refractivity contribution is -0.156. The molecule has 2 N–H and O–H groups in total. The molecule has 0 atom stereocenters. The minimum Gasteiger partial charge on any atom is -0.455 e. The van der Waals surface area contributed by atoms with E-state index in [4.69, 9.17) is 21.1 Å². The minimum atomic E-state index is -4.88. The third kappa shape index (κ3) is 6.59. The van der Waals surface area contributed by atoms with Crippen LogP contribution in [-0.2, 0) is 34.8 Å². The number of nitrogens with one attached hydrogen (secondary N) is 2. The zero-order valence-electron chi connectivity index (χ0n) is 17.4. The molecule has 0 aliphatic heterocycles. The van der Waals surface area contributed by atoms with E-state index in [0.29, 0.717) is 37.8 Å². The number of alkyl halides is 3. The van der Waals surface area contributed by atoms with Crippen molar-refractivity contribution in [2.24, 2.45) is 0 Å². The number of halogens is 4. The van der Waals surface area contributed by atoms with Crippen molar-refractivity contribution in [2.45, 2.75) is 69.8 Å². The summed E-state index contributed by atoms with van der Waals surface area (Å²) in [5.41, 5.74) is -2.44. The van der Waals surface area contributed by atoms with Crippen LogP contribution in [-0.4, -0.2) is 36.0 Å². The van der Waals surface area contributed by atoms with Crippen molar-refractivity contribution in [3.63, 3.8) is 0 Å². The predicted octanol–water partition coefficient (Wildman–Crippen LogP) is 4.21. The first kappa shape index (κ1) is 24.8. The summed E-state index contributed by atoms with van der Waals surface area (Å²) in [6.07, 6.45) is -0.00697. The predicted molar refractivity (Wildman–Crippen MR) is 110 cm³/mol. The number of hydrogen-bond donors (Lipinski definition) is 2. The lowest BCUT2D eigenvalue weighted by Crippen LogP contribution is -2.29. The van der Waals surface area contributed by atoms with E-state index in [1.54, 1.807) is 0 Å². The number of esters is 2. The topological polar surface area (TPSA) is 111 Å². The van der Waals surface area contributed by atoms with Gasteiger partial charge in [0.15, 0.2) is 0 Å². The molecule has 8 nitrogen and oxygen atoms in total. The van der Waals surface area contributed by atoms with Crippen LogP contribution >= 0.6 is 11.6 Å². The van der Waals surface area contributed by atoms with Crippen LogP contribution in [0.25, 0.3) is 0 Å². The van der Waals surface area contributed by atoms with Crippen molar-refractivity contribution >= 4 is 46.7 Å². The molecule has 3 rings (SSSR count). The fourth-order valence-corrected chi connectivity index (χ4v) is 3.94. The maximum absolute atomic E-state index is 13.4. The van der Waals surface area contributed by atoms with E-state index in [-0.39, 0.29) is 0 Å². The molecule has 2 aliphatic carbocycles. The molecule has 180 valence electrons. The molecule has 2 amide bonds. The number of amides is 2. The second-order valence-corrected chi connectivity index (χ2v) is 8.29. The zero-order valence-corrected chi connectivity index (χ0v) is 18.2. The van der Waals surface area contributed by atoms with Gasteiger partial charge in [0, 0.05) is 0 Å². The van der Waals surface area contributed by atoms with Gasteiger partial charge in [-0.15, -0.1) is 0 Å². The first-order valence-electron chi connectivity index (χ1n) is 10.5. The summed E-state index contributed by atoms with van der Waals surface area (Å²) in [7, 11) is 0. The maximum atomic E-state index is 13.4. The summed E-state index contributed by atoms with van der Waals surface area (Å²) >= 11 is 6.07. The average Bonchev–Trinajstić information content (AvgIpc) is 3.44. The van der Waals surface area contributed by atoms with E-state index in [9.17, 15) is 32.3 Å². The Morgan fingerprint density at radius 2 is 1.15 bits per heavy atom. The van der Waals surface area contributed by atoms with Gasteiger partial charge >= 0.3 is 29.9 Å². The van der Waals surface area contributed by atoms with Crippen LogP contribution < -0.4 is 10.6 Å². The van der Waals surface area contributed by atoms with Gasteiger partial charge in [0.2, 0.25) is 0 Å². The van der Waals surface area contributed by atoms with Gasteiger partial charge in [-0.1, -0.05) is 11.6 Å². The Labute approximate surface area is 192 Å². The van der Waals surface area contributed by atoms with Crippen molar-refractivity contribution in [3.05, 3.63) is 22.7 Å².